The van der Waals surface area contributed by atoms with Gasteiger partial charge in [-0.3, -0.25) is 4.98 Å². The maximum Gasteiger partial charge on any atom is 0.252 e. The molecule has 0 aliphatic carbocycles. The Hall–Kier alpha value is -2.36. The van der Waals surface area contributed by atoms with E-state index >= 15 is 0 Å². The van der Waals surface area contributed by atoms with Crippen LogP contribution in [0.1, 0.15) is 30.5 Å². The largest absolute Gasteiger partial charge is 0.356 e. The third kappa shape index (κ3) is 3.61. The van der Waals surface area contributed by atoms with Gasteiger partial charge in [0.1, 0.15) is 10.0 Å². The molecule has 0 aromatic carbocycles. The van der Waals surface area contributed by atoms with Crippen LogP contribution in [0.4, 0.5) is 5.82 Å². The molecular weight excluding hydrogens is 418 g/mol. The molecule has 0 atom stereocenters. The van der Waals surface area contributed by atoms with Gasteiger partial charge in [0.25, 0.3) is 10.0 Å². The Morgan fingerprint density at radius 3 is 2.60 bits per heavy atom. The molecule has 9 heteroatoms. The SMILES string of the molecule is O=S(=O)(c1cccs1)N1CCc2nc(-c3cccnc3)nc(N3CCCCC3)c2C1. The van der Waals surface area contributed by atoms with Crippen molar-refractivity contribution in [3.8, 4) is 11.4 Å². The molecule has 0 spiro atoms. The fourth-order valence-corrected chi connectivity index (χ4v) is 6.66. The Morgan fingerprint density at radius 2 is 1.87 bits per heavy atom. The van der Waals surface area contributed by atoms with Gasteiger partial charge in [0.15, 0.2) is 5.82 Å². The van der Waals surface area contributed by atoms with Crippen LogP contribution in [-0.2, 0) is 23.0 Å². The van der Waals surface area contributed by atoms with Gasteiger partial charge in [-0.25, -0.2) is 18.4 Å². The van der Waals surface area contributed by atoms with Crippen LogP contribution in [-0.4, -0.2) is 47.3 Å². The fourth-order valence-electron chi connectivity index (χ4n) is 4.11. The van der Waals surface area contributed by atoms with E-state index in [0.29, 0.717) is 29.5 Å². The standard InChI is InChI=1S/C21H23N5O2S2/c27-30(28,19-7-5-13-29-19)26-12-8-18-17(15-26)21(25-10-2-1-3-11-25)24-20(23-18)16-6-4-9-22-14-16/h4-7,9,13-14H,1-3,8,10-12,15H2. The number of nitrogens with zero attached hydrogens (tertiary/aromatic N) is 5. The molecule has 7 nitrogen and oxygen atoms in total. The minimum absolute atomic E-state index is 0.314. The van der Waals surface area contributed by atoms with Crippen molar-refractivity contribution in [2.24, 2.45) is 0 Å². The minimum Gasteiger partial charge on any atom is -0.356 e. The fraction of sp³-hybridized carbons (Fsp3) is 0.381. The van der Waals surface area contributed by atoms with Crippen LogP contribution >= 0.6 is 11.3 Å². The Balaban J connectivity index is 1.57. The number of pyridine rings is 1. The molecule has 5 rings (SSSR count). The summed E-state index contributed by atoms with van der Waals surface area (Å²) in [5.74, 6) is 1.54. The highest BCUT2D eigenvalue weighted by Gasteiger charge is 2.33. The van der Waals surface area contributed by atoms with Crippen molar-refractivity contribution < 1.29 is 8.42 Å². The molecule has 3 aromatic rings. The van der Waals surface area contributed by atoms with Gasteiger partial charge in [0, 0.05) is 56.1 Å². The van der Waals surface area contributed by atoms with Crippen LogP contribution in [0, 0.1) is 0 Å². The number of fused-ring (bicyclic) bond motifs is 1. The van der Waals surface area contributed by atoms with Gasteiger partial charge in [-0.2, -0.15) is 4.31 Å². The van der Waals surface area contributed by atoms with E-state index in [1.165, 1.54) is 17.8 Å². The average Bonchev–Trinajstić information content (AvgIpc) is 3.35. The third-order valence-electron chi connectivity index (χ3n) is 5.67. The minimum atomic E-state index is -3.50. The second-order valence-electron chi connectivity index (χ2n) is 7.61. The van der Waals surface area contributed by atoms with Crippen molar-refractivity contribution in [1.29, 1.82) is 0 Å². The first-order chi connectivity index (χ1) is 14.6. The molecule has 0 N–H and O–H groups in total. The third-order valence-corrected chi connectivity index (χ3v) is 8.89. The molecule has 2 aliphatic rings. The highest BCUT2D eigenvalue weighted by Crippen LogP contribution is 2.33. The highest BCUT2D eigenvalue weighted by atomic mass is 32.2. The lowest BCUT2D eigenvalue weighted by Crippen LogP contribution is -2.39. The molecule has 1 fully saturated rings. The molecule has 1 saturated heterocycles. The second-order valence-corrected chi connectivity index (χ2v) is 10.7. The normalized spacial score (nSPS) is 17.7. The number of anilines is 1. The van der Waals surface area contributed by atoms with Crippen LogP contribution in [0.15, 0.2) is 46.2 Å². The van der Waals surface area contributed by atoms with Gasteiger partial charge < -0.3 is 4.90 Å². The maximum absolute atomic E-state index is 13.1. The number of rotatable bonds is 4. The summed E-state index contributed by atoms with van der Waals surface area (Å²) in [5, 5.41) is 1.80. The molecule has 5 heterocycles. The van der Waals surface area contributed by atoms with Gasteiger partial charge in [-0.15, -0.1) is 11.3 Å². The zero-order valence-corrected chi connectivity index (χ0v) is 18.2. The van der Waals surface area contributed by atoms with E-state index < -0.39 is 10.0 Å². The topological polar surface area (TPSA) is 79.3 Å². The summed E-state index contributed by atoms with van der Waals surface area (Å²) in [6.07, 6.45) is 7.56. The first-order valence-electron chi connectivity index (χ1n) is 10.2. The molecule has 30 heavy (non-hydrogen) atoms. The van der Waals surface area contributed by atoms with E-state index in [4.69, 9.17) is 9.97 Å². The van der Waals surface area contributed by atoms with Gasteiger partial charge in [-0.05, 0) is 42.8 Å². The number of hydrogen-bond donors (Lipinski definition) is 0. The summed E-state index contributed by atoms with van der Waals surface area (Å²) >= 11 is 1.26. The number of thiophene rings is 1. The molecule has 156 valence electrons. The van der Waals surface area contributed by atoms with Crippen molar-refractivity contribution in [3.05, 3.63) is 53.3 Å². The number of hydrogen-bond acceptors (Lipinski definition) is 7. The van der Waals surface area contributed by atoms with Crippen LogP contribution in [0.3, 0.4) is 0 Å². The van der Waals surface area contributed by atoms with E-state index in [1.54, 1.807) is 34.2 Å². The zero-order valence-electron chi connectivity index (χ0n) is 16.6. The van der Waals surface area contributed by atoms with Crippen molar-refractivity contribution in [2.45, 2.75) is 36.4 Å². The molecule has 0 unspecified atom stereocenters. The number of sulfonamides is 1. The predicted octanol–water partition coefficient (Wildman–Crippen LogP) is 3.34. The molecular formula is C21H23N5O2S2. The smallest absolute Gasteiger partial charge is 0.252 e. The van der Waals surface area contributed by atoms with Crippen LogP contribution in [0.25, 0.3) is 11.4 Å². The summed E-state index contributed by atoms with van der Waals surface area (Å²) in [5.41, 5.74) is 2.77. The lowest BCUT2D eigenvalue weighted by molar-refractivity contribution is 0.387. The Labute approximate surface area is 180 Å². The number of piperidine rings is 1. The highest BCUT2D eigenvalue weighted by molar-refractivity contribution is 7.91. The quantitative estimate of drug-likeness (QED) is 0.618. The van der Waals surface area contributed by atoms with E-state index in [9.17, 15) is 8.42 Å². The summed E-state index contributed by atoms with van der Waals surface area (Å²) in [6, 6.07) is 7.29. The van der Waals surface area contributed by atoms with Crippen molar-refractivity contribution in [1.82, 2.24) is 19.3 Å². The molecule has 2 aliphatic heterocycles. The van der Waals surface area contributed by atoms with Crippen LogP contribution < -0.4 is 4.90 Å². The summed E-state index contributed by atoms with van der Waals surface area (Å²) in [4.78, 5) is 16.2. The Morgan fingerprint density at radius 1 is 1.00 bits per heavy atom. The summed E-state index contributed by atoms with van der Waals surface area (Å²) in [6.45, 7) is 2.62. The molecule has 0 amide bonds. The van der Waals surface area contributed by atoms with Crippen LogP contribution in [0.2, 0.25) is 0 Å². The van der Waals surface area contributed by atoms with Crippen molar-refractivity contribution in [2.75, 3.05) is 24.5 Å². The van der Waals surface area contributed by atoms with E-state index in [-0.39, 0.29) is 0 Å². The molecule has 0 radical (unpaired) electrons. The predicted molar refractivity (Wildman–Crippen MR) is 117 cm³/mol. The lowest BCUT2D eigenvalue weighted by Gasteiger charge is -2.34. The first-order valence-corrected chi connectivity index (χ1v) is 12.5. The van der Waals surface area contributed by atoms with Gasteiger partial charge in [0.2, 0.25) is 0 Å². The van der Waals surface area contributed by atoms with E-state index in [0.717, 1.165) is 48.6 Å². The molecule has 3 aromatic heterocycles. The zero-order chi connectivity index (χ0) is 20.6. The Bertz CT molecular complexity index is 1130. The average molecular weight is 442 g/mol. The summed E-state index contributed by atoms with van der Waals surface area (Å²) in [7, 11) is -3.50. The number of aromatic nitrogens is 3. The van der Waals surface area contributed by atoms with Crippen molar-refractivity contribution in [3.63, 3.8) is 0 Å². The maximum atomic E-state index is 13.1. The summed E-state index contributed by atoms with van der Waals surface area (Å²) < 4.78 is 28.2. The van der Waals surface area contributed by atoms with Crippen LogP contribution in [0.5, 0.6) is 0 Å². The second kappa shape index (κ2) is 8.05. The molecule has 0 bridgehead atoms. The van der Waals surface area contributed by atoms with E-state index in [1.807, 2.05) is 12.1 Å². The molecule has 0 saturated carbocycles. The van der Waals surface area contributed by atoms with Crippen molar-refractivity contribution >= 4 is 27.2 Å². The van der Waals surface area contributed by atoms with Gasteiger partial charge in [0.05, 0.1) is 5.69 Å². The first kappa shape index (κ1) is 19.6. The van der Waals surface area contributed by atoms with Gasteiger partial charge >= 0.3 is 0 Å². The lowest BCUT2D eigenvalue weighted by atomic mass is 10.0. The van der Waals surface area contributed by atoms with E-state index in [2.05, 4.69) is 9.88 Å². The Kier molecular flexibility index (Phi) is 5.26. The van der Waals surface area contributed by atoms with Gasteiger partial charge in [-0.1, -0.05) is 6.07 Å². The monoisotopic (exact) mass is 441 g/mol.